The Bertz CT molecular complexity index is 441. The molecule has 0 nitrogen and oxygen atoms in total. The van der Waals surface area contributed by atoms with Crippen molar-refractivity contribution in [1.29, 1.82) is 0 Å². The van der Waals surface area contributed by atoms with Gasteiger partial charge in [-0.05, 0) is 36.6 Å². The maximum absolute atomic E-state index is 3.09. The van der Waals surface area contributed by atoms with Crippen LogP contribution in [0.15, 0.2) is 42.5 Å². The minimum atomic E-state index is 1.28. The SMILES string of the molecule is Cc1cccc(-c2cc[c]cc2C)c1. The van der Waals surface area contributed by atoms with Gasteiger partial charge in [-0.15, -0.1) is 0 Å². The molecule has 2 rings (SSSR count). The number of aryl methyl sites for hydroxylation is 2. The zero-order chi connectivity index (χ0) is 9.97. The van der Waals surface area contributed by atoms with Crippen LogP contribution in [0.25, 0.3) is 11.1 Å². The third-order valence-corrected chi connectivity index (χ3v) is 2.40. The smallest absolute Gasteiger partial charge is 0.0154 e. The van der Waals surface area contributed by atoms with Crippen LogP contribution in [-0.4, -0.2) is 0 Å². The van der Waals surface area contributed by atoms with Crippen LogP contribution < -0.4 is 0 Å². The lowest BCUT2D eigenvalue weighted by atomic mass is 9.99. The van der Waals surface area contributed by atoms with Gasteiger partial charge in [0, 0.05) is 0 Å². The summed E-state index contributed by atoms with van der Waals surface area (Å²) in [5, 5.41) is 0. The van der Waals surface area contributed by atoms with Gasteiger partial charge in [0.15, 0.2) is 0 Å². The molecule has 0 N–H and O–H groups in total. The van der Waals surface area contributed by atoms with E-state index in [-0.39, 0.29) is 0 Å². The molecule has 0 saturated carbocycles. The van der Waals surface area contributed by atoms with Crippen LogP contribution in [-0.2, 0) is 0 Å². The molecule has 0 saturated heterocycles. The molecule has 0 spiro atoms. The topological polar surface area (TPSA) is 0 Å². The molecule has 0 fully saturated rings. The van der Waals surface area contributed by atoms with Gasteiger partial charge in [-0.2, -0.15) is 0 Å². The first-order valence-corrected chi connectivity index (χ1v) is 4.81. The van der Waals surface area contributed by atoms with Crippen molar-refractivity contribution >= 4 is 0 Å². The van der Waals surface area contributed by atoms with Crippen LogP contribution in [0, 0.1) is 19.9 Å². The highest BCUT2D eigenvalue weighted by molar-refractivity contribution is 5.67. The maximum atomic E-state index is 3.09. The van der Waals surface area contributed by atoms with Crippen LogP contribution in [0.3, 0.4) is 0 Å². The monoisotopic (exact) mass is 181 g/mol. The Morgan fingerprint density at radius 2 is 1.93 bits per heavy atom. The standard InChI is InChI=1S/C14H13/c1-11-6-5-8-13(10-11)14-9-4-3-7-12(14)2/h4-10H,1-2H3. The molecule has 0 amide bonds. The van der Waals surface area contributed by atoms with Crippen molar-refractivity contribution < 1.29 is 0 Å². The largest absolute Gasteiger partial charge is 0.0614 e. The van der Waals surface area contributed by atoms with E-state index in [0.29, 0.717) is 0 Å². The van der Waals surface area contributed by atoms with Crippen LogP contribution >= 0.6 is 0 Å². The van der Waals surface area contributed by atoms with Crippen molar-refractivity contribution in [2.75, 3.05) is 0 Å². The molecule has 0 bridgehead atoms. The number of hydrogen-bond donors (Lipinski definition) is 0. The van der Waals surface area contributed by atoms with Gasteiger partial charge in [0.25, 0.3) is 0 Å². The molecule has 14 heavy (non-hydrogen) atoms. The first-order chi connectivity index (χ1) is 6.77. The van der Waals surface area contributed by atoms with Gasteiger partial charge in [-0.25, -0.2) is 0 Å². The fraction of sp³-hybridized carbons (Fsp3) is 0.143. The minimum absolute atomic E-state index is 1.28. The van der Waals surface area contributed by atoms with Gasteiger partial charge in [0.05, 0.1) is 0 Å². The van der Waals surface area contributed by atoms with E-state index in [0.717, 1.165) is 0 Å². The van der Waals surface area contributed by atoms with E-state index in [1.54, 1.807) is 0 Å². The van der Waals surface area contributed by atoms with E-state index >= 15 is 0 Å². The second-order valence-electron chi connectivity index (χ2n) is 3.61. The Kier molecular flexibility index (Phi) is 2.36. The van der Waals surface area contributed by atoms with Crippen LogP contribution in [0.4, 0.5) is 0 Å². The van der Waals surface area contributed by atoms with E-state index in [1.165, 1.54) is 22.3 Å². The summed E-state index contributed by atoms with van der Waals surface area (Å²) in [6, 6.07) is 17.8. The Morgan fingerprint density at radius 1 is 1.07 bits per heavy atom. The molecule has 0 aliphatic rings. The first kappa shape index (κ1) is 9.01. The molecule has 2 aromatic rings. The fourth-order valence-corrected chi connectivity index (χ4v) is 1.65. The van der Waals surface area contributed by atoms with Gasteiger partial charge in [0.2, 0.25) is 0 Å². The third kappa shape index (κ3) is 1.69. The molecular formula is C14H13. The van der Waals surface area contributed by atoms with E-state index in [9.17, 15) is 0 Å². The summed E-state index contributed by atoms with van der Waals surface area (Å²) in [6.07, 6.45) is 0. The second kappa shape index (κ2) is 3.67. The molecule has 69 valence electrons. The van der Waals surface area contributed by atoms with Crippen LogP contribution in [0.1, 0.15) is 11.1 Å². The normalized spacial score (nSPS) is 10.1. The van der Waals surface area contributed by atoms with Crippen LogP contribution in [0.2, 0.25) is 0 Å². The van der Waals surface area contributed by atoms with Gasteiger partial charge in [0.1, 0.15) is 0 Å². The lowest BCUT2D eigenvalue weighted by molar-refractivity contribution is 1.42. The molecular weight excluding hydrogens is 168 g/mol. The maximum Gasteiger partial charge on any atom is -0.0154 e. The molecule has 0 unspecified atom stereocenters. The van der Waals surface area contributed by atoms with E-state index in [1.807, 2.05) is 12.1 Å². The summed E-state index contributed by atoms with van der Waals surface area (Å²) >= 11 is 0. The summed E-state index contributed by atoms with van der Waals surface area (Å²) in [7, 11) is 0. The number of hydrogen-bond acceptors (Lipinski definition) is 0. The second-order valence-corrected chi connectivity index (χ2v) is 3.61. The molecule has 1 radical (unpaired) electrons. The summed E-state index contributed by atoms with van der Waals surface area (Å²) in [6.45, 7) is 4.24. The fourth-order valence-electron chi connectivity index (χ4n) is 1.65. The van der Waals surface area contributed by atoms with Gasteiger partial charge in [-0.3, -0.25) is 0 Å². The highest BCUT2D eigenvalue weighted by Crippen LogP contribution is 2.23. The lowest BCUT2D eigenvalue weighted by Gasteiger charge is -2.05. The summed E-state index contributed by atoms with van der Waals surface area (Å²) in [5.41, 5.74) is 5.16. The summed E-state index contributed by atoms with van der Waals surface area (Å²) < 4.78 is 0. The summed E-state index contributed by atoms with van der Waals surface area (Å²) in [5.74, 6) is 0. The van der Waals surface area contributed by atoms with Crippen LogP contribution in [0.5, 0.6) is 0 Å². The lowest BCUT2D eigenvalue weighted by Crippen LogP contribution is -1.82. The third-order valence-electron chi connectivity index (χ3n) is 2.40. The van der Waals surface area contributed by atoms with Crippen molar-refractivity contribution in [2.24, 2.45) is 0 Å². The van der Waals surface area contributed by atoms with Crippen molar-refractivity contribution in [3.05, 3.63) is 59.7 Å². The summed E-state index contributed by atoms with van der Waals surface area (Å²) in [4.78, 5) is 0. The Labute approximate surface area is 85.2 Å². The van der Waals surface area contributed by atoms with Crippen molar-refractivity contribution in [1.82, 2.24) is 0 Å². The van der Waals surface area contributed by atoms with Crippen molar-refractivity contribution in [3.8, 4) is 11.1 Å². The van der Waals surface area contributed by atoms with Crippen molar-refractivity contribution in [3.63, 3.8) is 0 Å². The quantitative estimate of drug-likeness (QED) is 0.628. The highest BCUT2D eigenvalue weighted by atomic mass is 14.0. The Balaban J connectivity index is 2.55. The first-order valence-electron chi connectivity index (χ1n) is 4.81. The predicted octanol–water partition coefficient (Wildman–Crippen LogP) is 3.77. The molecule has 0 atom stereocenters. The minimum Gasteiger partial charge on any atom is -0.0614 e. The average molecular weight is 181 g/mol. The van der Waals surface area contributed by atoms with E-state index in [2.05, 4.69) is 50.2 Å². The zero-order valence-electron chi connectivity index (χ0n) is 8.54. The zero-order valence-corrected chi connectivity index (χ0v) is 8.54. The Hall–Kier alpha value is -1.56. The molecule has 0 aliphatic heterocycles. The Morgan fingerprint density at radius 3 is 2.64 bits per heavy atom. The van der Waals surface area contributed by atoms with E-state index < -0.39 is 0 Å². The molecule has 0 heterocycles. The molecule has 2 aromatic carbocycles. The molecule has 0 aromatic heterocycles. The molecule has 0 heteroatoms. The predicted molar refractivity (Wildman–Crippen MR) is 60.2 cm³/mol. The highest BCUT2D eigenvalue weighted by Gasteiger charge is 1.99. The molecule has 0 aliphatic carbocycles. The van der Waals surface area contributed by atoms with Gasteiger partial charge in [-0.1, -0.05) is 48.0 Å². The average Bonchev–Trinajstić information content (AvgIpc) is 2.18. The van der Waals surface area contributed by atoms with Gasteiger partial charge < -0.3 is 0 Å². The number of rotatable bonds is 1. The van der Waals surface area contributed by atoms with Gasteiger partial charge >= 0.3 is 0 Å². The van der Waals surface area contributed by atoms with E-state index in [4.69, 9.17) is 0 Å². The van der Waals surface area contributed by atoms with Crippen molar-refractivity contribution in [2.45, 2.75) is 13.8 Å². The number of benzene rings is 2.